The molecule has 2 aromatic heterocycles. The normalized spacial score (nSPS) is 16.5. The van der Waals surface area contributed by atoms with Crippen molar-refractivity contribution in [3.05, 3.63) is 80.9 Å². The number of imidazole rings is 1. The number of Topliss-reactive ketones (excluding diaryl/α,β-unsaturated/α-hetero) is 1. The molecule has 0 saturated heterocycles. The number of nitrogens with zero attached hydrogens (tertiary/aromatic N) is 2. The summed E-state index contributed by atoms with van der Waals surface area (Å²) in [4.78, 5) is 29.1. The van der Waals surface area contributed by atoms with E-state index in [9.17, 15) is 9.59 Å². The Morgan fingerprint density at radius 3 is 2.65 bits per heavy atom. The van der Waals surface area contributed by atoms with E-state index in [2.05, 4.69) is 4.98 Å². The predicted octanol–water partition coefficient (Wildman–Crippen LogP) is 4.83. The van der Waals surface area contributed by atoms with Crippen molar-refractivity contribution < 1.29 is 14.3 Å². The second-order valence-corrected chi connectivity index (χ2v) is 9.63. The molecular weight excluding hydrogens is 472 g/mol. The van der Waals surface area contributed by atoms with Gasteiger partial charge in [-0.2, -0.15) is 0 Å². The van der Waals surface area contributed by atoms with Crippen molar-refractivity contribution in [3.63, 3.8) is 0 Å². The maximum absolute atomic E-state index is 12.2. The molecule has 0 bridgehead atoms. The summed E-state index contributed by atoms with van der Waals surface area (Å²) in [5.74, 6) is -0.355. The number of allylic oxidation sites excluding steroid dienone is 3. The monoisotopic (exact) mass is 496 g/mol. The van der Waals surface area contributed by atoms with E-state index in [0.717, 1.165) is 22.0 Å². The van der Waals surface area contributed by atoms with Crippen molar-refractivity contribution in [1.82, 2.24) is 9.55 Å². The van der Waals surface area contributed by atoms with E-state index in [1.807, 2.05) is 41.8 Å². The highest BCUT2D eigenvalue weighted by Crippen LogP contribution is 2.38. The lowest BCUT2D eigenvalue weighted by atomic mass is 9.86. The van der Waals surface area contributed by atoms with Crippen LogP contribution in [0.15, 0.2) is 54.0 Å². The van der Waals surface area contributed by atoms with Crippen LogP contribution < -0.4 is 16.2 Å². The zero-order valence-corrected chi connectivity index (χ0v) is 20.6. The lowest BCUT2D eigenvalue weighted by Gasteiger charge is -2.20. The molecule has 4 rings (SSSR count). The van der Waals surface area contributed by atoms with Gasteiger partial charge in [-0.05, 0) is 32.9 Å². The van der Waals surface area contributed by atoms with Crippen LogP contribution >= 0.6 is 22.9 Å². The maximum atomic E-state index is 12.2. The minimum atomic E-state index is -0.572. The number of ether oxygens (including phenoxy) is 1. The number of primary amides is 1. The summed E-state index contributed by atoms with van der Waals surface area (Å²) >= 11 is 7.53. The Morgan fingerprint density at radius 2 is 2.00 bits per heavy atom. The van der Waals surface area contributed by atoms with E-state index in [1.54, 1.807) is 25.4 Å². The molecule has 0 saturated carbocycles. The van der Waals surface area contributed by atoms with Gasteiger partial charge in [0, 0.05) is 40.3 Å². The molecule has 0 spiro atoms. The van der Waals surface area contributed by atoms with Crippen LogP contribution in [0.5, 0.6) is 5.75 Å². The number of benzene rings is 1. The number of ketones is 1. The maximum Gasteiger partial charge on any atom is 0.262 e. The quantitative estimate of drug-likeness (QED) is 0.454. The summed E-state index contributed by atoms with van der Waals surface area (Å²) in [6, 6.07) is 9.18. The third kappa shape index (κ3) is 4.51. The van der Waals surface area contributed by atoms with Gasteiger partial charge in [0.15, 0.2) is 5.78 Å². The van der Waals surface area contributed by atoms with Gasteiger partial charge in [-0.3, -0.25) is 14.2 Å². The van der Waals surface area contributed by atoms with Crippen molar-refractivity contribution in [2.45, 2.75) is 33.3 Å². The van der Waals surface area contributed by atoms with Crippen molar-refractivity contribution >= 4 is 40.7 Å². The molecule has 0 aliphatic heterocycles. The van der Waals surface area contributed by atoms with Crippen LogP contribution in [0.2, 0.25) is 5.02 Å². The smallest absolute Gasteiger partial charge is 0.262 e. The number of fused-ring (bicyclic) bond motifs is 1. The molecule has 0 radical (unpaired) electrons. The molecule has 34 heavy (non-hydrogen) atoms. The van der Waals surface area contributed by atoms with Gasteiger partial charge in [-0.15, -0.1) is 11.3 Å². The van der Waals surface area contributed by atoms with E-state index in [1.165, 1.54) is 18.3 Å². The molecule has 0 fully saturated rings. The third-order valence-corrected chi connectivity index (χ3v) is 7.23. The fourth-order valence-electron chi connectivity index (χ4n) is 4.22. The minimum absolute atomic E-state index is 0.0451. The lowest BCUT2D eigenvalue weighted by Crippen LogP contribution is -2.19. The third-order valence-electron chi connectivity index (χ3n) is 5.75. The molecule has 2 atom stereocenters. The molecule has 7 nitrogen and oxygen atoms in total. The number of carbonyl (C=O) groups is 2. The Kier molecular flexibility index (Phi) is 6.63. The van der Waals surface area contributed by atoms with Gasteiger partial charge in [-0.25, -0.2) is 4.98 Å². The van der Waals surface area contributed by atoms with Crippen LogP contribution in [0.1, 0.15) is 53.5 Å². The van der Waals surface area contributed by atoms with E-state index >= 15 is 0 Å². The van der Waals surface area contributed by atoms with E-state index in [-0.39, 0.29) is 17.8 Å². The largest absolute Gasteiger partial charge is 0.484 e. The average Bonchev–Trinajstić information content (AvgIpc) is 3.37. The van der Waals surface area contributed by atoms with Gasteiger partial charge in [0.1, 0.15) is 28.1 Å². The zero-order valence-electron chi connectivity index (χ0n) is 19.0. The Bertz CT molecular complexity index is 1330. The first-order valence-electron chi connectivity index (χ1n) is 10.7. The van der Waals surface area contributed by atoms with Gasteiger partial charge < -0.3 is 16.2 Å². The van der Waals surface area contributed by atoms with E-state index < -0.39 is 5.91 Å². The lowest BCUT2D eigenvalue weighted by molar-refractivity contribution is -0.114. The molecule has 9 heteroatoms. The van der Waals surface area contributed by atoms with Crippen molar-refractivity contribution in [3.8, 4) is 10.8 Å². The Labute approximate surface area is 206 Å². The summed E-state index contributed by atoms with van der Waals surface area (Å²) in [6.45, 7) is 5.13. The first-order valence-corrected chi connectivity index (χ1v) is 11.9. The van der Waals surface area contributed by atoms with E-state index in [4.69, 9.17) is 27.8 Å². The number of thiophene rings is 1. The van der Waals surface area contributed by atoms with Gasteiger partial charge in [-0.1, -0.05) is 35.9 Å². The number of aromatic nitrogens is 2. The number of rotatable bonds is 7. The second-order valence-electron chi connectivity index (χ2n) is 8.19. The number of halogens is 1. The summed E-state index contributed by atoms with van der Waals surface area (Å²) in [5.41, 5.74) is 15.3. The molecule has 3 aromatic rings. The molecule has 1 amide bonds. The SMILES string of the molecule is CC(=O)C(=C(C)N)C1C=Cc2c(ncn2-c2cc(OC(C)c3ccccc3Cl)c(C(N)=O)s2)C1. The fraction of sp³-hybridized carbons (Fsp3) is 0.240. The van der Waals surface area contributed by atoms with Crippen LogP contribution in [0.3, 0.4) is 0 Å². The Hall–Kier alpha value is -3.36. The van der Waals surface area contributed by atoms with Crippen molar-refractivity contribution in [2.75, 3.05) is 0 Å². The van der Waals surface area contributed by atoms with E-state index in [0.29, 0.717) is 33.3 Å². The van der Waals surface area contributed by atoms with Crippen molar-refractivity contribution in [1.29, 1.82) is 0 Å². The van der Waals surface area contributed by atoms with Gasteiger partial charge >= 0.3 is 0 Å². The van der Waals surface area contributed by atoms with Crippen LogP contribution in [-0.4, -0.2) is 21.2 Å². The standard InChI is InChI=1S/C25H25ClN4O3S/c1-13(27)23(14(2)31)16-8-9-20-19(10-16)29-12-30(20)22-11-21(24(34-22)25(28)32)33-15(3)17-6-4-5-7-18(17)26/h4-9,11-12,15-16H,10,27H2,1-3H3,(H2,28,32). The molecular formula is C25H25ClN4O3S. The summed E-state index contributed by atoms with van der Waals surface area (Å²) in [5, 5.41) is 1.32. The summed E-state index contributed by atoms with van der Waals surface area (Å²) in [6.07, 6.45) is 5.76. The first-order chi connectivity index (χ1) is 16.2. The van der Waals surface area contributed by atoms with Gasteiger partial charge in [0.05, 0.1) is 11.4 Å². The highest BCUT2D eigenvalue weighted by molar-refractivity contribution is 7.16. The minimum Gasteiger partial charge on any atom is -0.484 e. The number of hydrogen-bond acceptors (Lipinski definition) is 6. The number of amides is 1. The molecule has 2 unspecified atom stereocenters. The topological polar surface area (TPSA) is 113 Å². The molecule has 1 aliphatic rings. The number of hydrogen-bond donors (Lipinski definition) is 2. The predicted molar refractivity (Wildman–Crippen MR) is 134 cm³/mol. The van der Waals surface area contributed by atoms with Crippen LogP contribution in [0, 0.1) is 5.92 Å². The molecule has 2 heterocycles. The van der Waals surface area contributed by atoms with Crippen LogP contribution in [0.25, 0.3) is 11.1 Å². The second kappa shape index (κ2) is 9.48. The highest BCUT2D eigenvalue weighted by Gasteiger charge is 2.26. The summed E-state index contributed by atoms with van der Waals surface area (Å²) < 4.78 is 8.00. The number of nitrogens with two attached hydrogens (primary N) is 2. The zero-order chi connectivity index (χ0) is 24.6. The molecule has 1 aromatic carbocycles. The Balaban J connectivity index is 1.66. The van der Waals surface area contributed by atoms with Gasteiger partial charge in [0.2, 0.25) is 0 Å². The van der Waals surface area contributed by atoms with Gasteiger partial charge in [0.25, 0.3) is 5.91 Å². The van der Waals surface area contributed by atoms with Crippen LogP contribution in [-0.2, 0) is 11.2 Å². The highest BCUT2D eigenvalue weighted by atomic mass is 35.5. The average molecular weight is 497 g/mol. The van der Waals surface area contributed by atoms with Crippen LogP contribution in [0.4, 0.5) is 0 Å². The molecule has 1 aliphatic carbocycles. The van der Waals surface area contributed by atoms with Crippen molar-refractivity contribution in [2.24, 2.45) is 17.4 Å². The first kappa shape index (κ1) is 23.8. The summed E-state index contributed by atoms with van der Waals surface area (Å²) in [7, 11) is 0. The molecule has 176 valence electrons. The molecule has 4 N–H and O–H groups in total. The Morgan fingerprint density at radius 1 is 1.26 bits per heavy atom. The number of carbonyl (C=O) groups excluding carboxylic acids is 2. The fourth-order valence-corrected chi connectivity index (χ4v) is 5.43.